The molecule has 0 amide bonds. The van der Waals surface area contributed by atoms with Crippen molar-refractivity contribution >= 4 is 27.0 Å². The average molecular weight is 226 g/mol. The monoisotopic (exact) mass is 225 g/mol. The van der Waals surface area contributed by atoms with Crippen molar-refractivity contribution in [2.24, 2.45) is 7.05 Å². The van der Waals surface area contributed by atoms with Crippen LogP contribution >= 0.6 is 15.9 Å². The summed E-state index contributed by atoms with van der Waals surface area (Å²) < 4.78 is 2.64. The molecule has 0 saturated carbocycles. The normalized spacial score (nSPS) is 10.9. The summed E-state index contributed by atoms with van der Waals surface area (Å²) in [6.45, 7) is 2.03. The van der Waals surface area contributed by atoms with Crippen LogP contribution in [0.25, 0.3) is 11.0 Å². The summed E-state index contributed by atoms with van der Waals surface area (Å²) in [5.74, 6) is 0. The van der Waals surface area contributed by atoms with Crippen LogP contribution in [-0.4, -0.2) is 14.8 Å². The van der Waals surface area contributed by atoms with Crippen molar-refractivity contribution in [2.45, 2.75) is 6.92 Å². The van der Waals surface area contributed by atoms with E-state index in [0.717, 1.165) is 21.2 Å². The van der Waals surface area contributed by atoms with Gasteiger partial charge in [-0.25, -0.2) is 4.98 Å². The number of aryl methyl sites for hydroxylation is 2. The second kappa shape index (κ2) is 2.55. The van der Waals surface area contributed by atoms with Crippen LogP contribution in [0.3, 0.4) is 0 Å². The van der Waals surface area contributed by atoms with Gasteiger partial charge in [0.25, 0.3) is 0 Å². The topological polar surface area (TPSA) is 30.7 Å². The van der Waals surface area contributed by atoms with Crippen molar-refractivity contribution in [1.29, 1.82) is 0 Å². The van der Waals surface area contributed by atoms with Crippen LogP contribution < -0.4 is 0 Å². The van der Waals surface area contributed by atoms with Crippen molar-refractivity contribution in [1.82, 2.24) is 14.8 Å². The largest absolute Gasteiger partial charge is 0.273 e. The minimum Gasteiger partial charge on any atom is -0.273 e. The van der Waals surface area contributed by atoms with Gasteiger partial charge in [-0.05, 0) is 34.5 Å². The van der Waals surface area contributed by atoms with Crippen molar-refractivity contribution in [3.05, 3.63) is 22.4 Å². The maximum Gasteiger partial charge on any atom is 0.114 e. The summed E-state index contributed by atoms with van der Waals surface area (Å²) >= 11 is 3.34. The van der Waals surface area contributed by atoms with Gasteiger partial charge in [0.05, 0.1) is 6.20 Å². The van der Waals surface area contributed by atoms with Crippen LogP contribution in [0.4, 0.5) is 0 Å². The first-order chi connectivity index (χ1) is 5.66. The number of aromatic nitrogens is 3. The highest BCUT2D eigenvalue weighted by Crippen LogP contribution is 2.18. The fourth-order valence-corrected chi connectivity index (χ4v) is 1.77. The van der Waals surface area contributed by atoms with Gasteiger partial charge < -0.3 is 0 Å². The number of halogens is 1. The highest BCUT2D eigenvalue weighted by atomic mass is 79.9. The third-order valence-electron chi connectivity index (χ3n) is 1.75. The van der Waals surface area contributed by atoms with Crippen LogP contribution in [0.15, 0.2) is 16.9 Å². The lowest BCUT2D eigenvalue weighted by Crippen LogP contribution is -1.86. The molecule has 0 N–H and O–H groups in total. The van der Waals surface area contributed by atoms with Gasteiger partial charge in [0.2, 0.25) is 0 Å². The highest BCUT2D eigenvalue weighted by molar-refractivity contribution is 9.10. The molecule has 0 unspecified atom stereocenters. The fraction of sp³-hybridized carbons (Fsp3) is 0.250. The Kier molecular flexibility index (Phi) is 1.65. The van der Waals surface area contributed by atoms with Crippen molar-refractivity contribution < 1.29 is 0 Å². The quantitative estimate of drug-likeness (QED) is 0.643. The molecular weight excluding hydrogens is 218 g/mol. The average Bonchev–Trinajstić information content (AvgIpc) is 2.29. The minimum atomic E-state index is 0.862. The molecule has 12 heavy (non-hydrogen) atoms. The van der Waals surface area contributed by atoms with E-state index in [1.165, 1.54) is 0 Å². The molecule has 2 rings (SSSR count). The molecule has 0 spiro atoms. The predicted molar refractivity (Wildman–Crippen MR) is 50.9 cm³/mol. The van der Waals surface area contributed by atoms with Gasteiger partial charge in [-0.2, -0.15) is 5.10 Å². The Morgan fingerprint density at radius 1 is 1.50 bits per heavy atom. The van der Waals surface area contributed by atoms with E-state index < -0.39 is 0 Å². The summed E-state index contributed by atoms with van der Waals surface area (Å²) in [5, 5.41) is 4.29. The minimum absolute atomic E-state index is 0.862. The molecule has 0 saturated heterocycles. The number of pyridine rings is 1. The third-order valence-corrected chi connectivity index (χ3v) is 2.15. The second-order valence-corrected chi connectivity index (χ2v) is 3.61. The molecule has 3 nitrogen and oxygen atoms in total. The Morgan fingerprint density at radius 3 is 3.00 bits per heavy atom. The first-order valence-corrected chi connectivity index (χ1v) is 4.42. The Labute approximate surface area is 78.5 Å². The van der Waals surface area contributed by atoms with Gasteiger partial charge >= 0.3 is 0 Å². The smallest absolute Gasteiger partial charge is 0.114 e. The Hall–Kier alpha value is -0.900. The van der Waals surface area contributed by atoms with Crippen LogP contribution in [0.5, 0.6) is 0 Å². The molecule has 2 aromatic heterocycles. The molecule has 0 atom stereocenters. The first-order valence-electron chi connectivity index (χ1n) is 3.63. The van der Waals surface area contributed by atoms with Gasteiger partial charge in [0.1, 0.15) is 15.6 Å². The summed E-state index contributed by atoms with van der Waals surface area (Å²) in [5.41, 5.74) is 3.05. The van der Waals surface area contributed by atoms with Crippen LogP contribution in [0, 0.1) is 6.92 Å². The van der Waals surface area contributed by atoms with Crippen LogP contribution in [0.1, 0.15) is 5.56 Å². The van der Waals surface area contributed by atoms with E-state index in [4.69, 9.17) is 0 Å². The molecule has 0 radical (unpaired) electrons. The molecule has 0 fully saturated rings. The second-order valence-electron chi connectivity index (χ2n) is 2.80. The van der Waals surface area contributed by atoms with E-state index in [9.17, 15) is 0 Å². The zero-order valence-electron chi connectivity index (χ0n) is 6.87. The summed E-state index contributed by atoms with van der Waals surface area (Å²) in [7, 11) is 1.90. The lowest BCUT2D eigenvalue weighted by atomic mass is 10.2. The summed E-state index contributed by atoms with van der Waals surface area (Å²) in [4.78, 5) is 4.29. The highest BCUT2D eigenvalue weighted by Gasteiger charge is 2.03. The molecule has 0 aliphatic carbocycles. The van der Waals surface area contributed by atoms with Gasteiger partial charge in [0.15, 0.2) is 0 Å². The van der Waals surface area contributed by atoms with E-state index in [1.807, 2.05) is 26.2 Å². The molecule has 0 bridgehead atoms. The zero-order valence-corrected chi connectivity index (χ0v) is 8.46. The molecule has 0 aliphatic heterocycles. The fourth-order valence-electron chi connectivity index (χ4n) is 1.23. The zero-order chi connectivity index (χ0) is 8.72. The van der Waals surface area contributed by atoms with Gasteiger partial charge in [0, 0.05) is 7.05 Å². The van der Waals surface area contributed by atoms with Crippen molar-refractivity contribution in [2.75, 3.05) is 0 Å². The van der Waals surface area contributed by atoms with Crippen molar-refractivity contribution in [3.8, 4) is 0 Å². The van der Waals surface area contributed by atoms with Crippen LogP contribution in [-0.2, 0) is 7.05 Å². The molecule has 0 aromatic carbocycles. The first kappa shape index (κ1) is 7.73. The lowest BCUT2D eigenvalue weighted by molar-refractivity contribution is 0.778. The SMILES string of the molecule is Cc1cc(Br)nc2cn(C)nc12. The van der Waals surface area contributed by atoms with E-state index in [2.05, 4.69) is 26.0 Å². The van der Waals surface area contributed by atoms with Crippen LogP contribution in [0.2, 0.25) is 0 Å². The Morgan fingerprint density at radius 2 is 2.25 bits per heavy atom. The van der Waals surface area contributed by atoms with E-state index in [-0.39, 0.29) is 0 Å². The standard InChI is InChI=1S/C8H8BrN3/c1-5-3-7(9)10-6-4-12(2)11-8(5)6/h3-4H,1-2H3. The lowest BCUT2D eigenvalue weighted by Gasteiger charge is -1.93. The number of hydrogen-bond donors (Lipinski definition) is 0. The molecule has 4 heteroatoms. The maximum absolute atomic E-state index is 4.29. The Balaban J connectivity index is 2.88. The summed E-state index contributed by atoms with van der Waals surface area (Å²) in [6, 6.07) is 1.97. The van der Waals surface area contributed by atoms with E-state index in [1.54, 1.807) is 4.68 Å². The number of nitrogens with zero attached hydrogens (tertiary/aromatic N) is 3. The third kappa shape index (κ3) is 1.12. The predicted octanol–water partition coefficient (Wildman–Crippen LogP) is 2.04. The Bertz CT molecular complexity index is 433. The van der Waals surface area contributed by atoms with Gasteiger partial charge in [-0.15, -0.1) is 0 Å². The molecular formula is C8H8BrN3. The maximum atomic E-state index is 4.29. The molecule has 2 heterocycles. The molecule has 62 valence electrons. The van der Waals surface area contributed by atoms with E-state index in [0.29, 0.717) is 0 Å². The van der Waals surface area contributed by atoms with Gasteiger partial charge in [-0.3, -0.25) is 4.68 Å². The summed E-state index contributed by atoms with van der Waals surface area (Å²) in [6.07, 6.45) is 1.91. The number of hydrogen-bond acceptors (Lipinski definition) is 2. The molecule has 2 aromatic rings. The number of fused-ring (bicyclic) bond motifs is 1. The number of rotatable bonds is 0. The van der Waals surface area contributed by atoms with Gasteiger partial charge in [-0.1, -0.05) is 0 Å². The van der Waals surface area contributed by atoms with Crippen molar-refractivity contribution in [3.63, 3.8) is 0 Å². The van der Waals surface area contributed by atoms with E-state index >= 15 is 0 Å². The molecule has 0 aliphatic rings.